The van der Waals surface area contributed by atoms with Crippen molar-refractivity contribution in [2.45, 2.75) is 69.7 Å². The molecule has 1 amide bonds. The zero-order chi connectivity index (χ0) is 25.0. The lowest BCUT2D eigenvalue weighted by Gasteiger charge is -2.51. The largest absolute Gasteiger partial charge is 0.386 e. The standard InChI is InChI=1S/C23H36N6O5/c1-14(2)10-15(24)19(30)28-8-6-23(7-9-28)11-16(22(3,33)12-34-23)29-13-25-18-17(29)20(31)27(5)21(32)26(18)4/h13-16,33H,6-12,24H2,1-5H3/t15-,16-,22-/m0/s1. The lowest BCUT2D eigenvalue weighted by Crippen LogP contribution is -2.58. The van der Waals surface area contributed by atoms with Crippen LogP contribution in [0.15, 0.2) is 15.9 Å². The molecule has 1 spiro atoms. The van der Waals surface area contributed by atoms with Crippen LogP contribution in [0.2, 0.25) is 0 Å². The van der Waals surface area contributed by atoms with Gasteiger partial charge in [0.25, 0.3) is 5.56 Å². The number of aromatic nitrogens is 4. The summed E-state index contributed by atoms with van der Waals surface area (Å²) < 4.78 is 10.3. The van der Waals surface area contributed by atoms with Crippen LogP contribution in [-0.4, -0.2) is 71.5 Å². The first-order valence-corrected chi connectivity index (χ1v) is 11.9. The molecule has 4 heterocycles. The van der Waals surface area contributed by atoms with E-state index in [4.69, 9.17) is 10.5 Å². The monoisotopic (exact) mass is 476 g/mol. The Morgan fingerprint density at radius 1 is 1.26 bits per heavy atom. The molecule has 2 aromatic heterocycles. The molecule has 2 aliphatic heterocycles. The molecule has 0 aromatic carbocycles. The third-order valence-electron chi connectivity index (χ3n) is 7.49. The van der Waals surface area contributed by atoms with Gasteiger partial charge in [0.05, 0.1) is 30.6 Å². The van der Waals surface area contributed by atoms with Crippen molar-refractivity contribution in [2.75, 3.05) is 19.7 Å². The van der Waals surface area contributed by atoms with Gasteiger partial charge in [-0.1, -0.05) is 13.8 Å². The summed E-state index contributed by atoms with van der Waals surface area (Å²) in [4.78, 5) is 44.2. The highest BCUT2D eigenvalue weighted by Gasteiger charge is 2.50. The van der Waals surface area contributed by atoms with Gasteiger partial charge in [-0.15, -0.1) is 0 Å². The molecule has 3 atom stereocenters. The van der Waals surface area contributed by atoms with Crippen LogP contribution in [0, 0.1) is 5.92 Å². The molecule has 2 saturated heterocycles. The number of hydrogen-bond acceptors (Lipinski definition) is 7. The maximum atomic E-state index is 13.0. The van der Waals surface area contributed by atoms with Crippen molar-refractivity contribution in [2.24, 2.45) is 25.7 Å². The van der Waals surface area contributed by atoms with Crippen LogP contribution < -0.4 is 17.0 Å². The lowest BCUT2D eigenvalue weighted by atomic mass is 9.77. The van der Waals surface area contributed by atoms with Gasteiger partial charge in [0, 0.05) is 33.6 Å². The van der Waals surface area contributed by atoms with E-state index in [1.54, 1.807) is 18.5 Å². The third kappa shape index (κ3) is 4.09. The molecule has 11 nitrogen and oxygen atoms in total. The summed E-state index contributed by atoms with van der Waals surface area (Å²) in [6, 6.07) is -0.989. The van der Waals surface area contributed by atoms with Crippen LogP contribution in [0.5, 0.6) is 0 Å². The molecule has 3 N–H and O–H groups in total. The van der Waals surface area contributed by atoms with Crippen molar-refractivity contribution in [3.63, 3.8) is 0 Å². The minimum Gasteiger partial charge on any atom is -0.386 e. The molecule has 0 unspecified atom stereocenters. The number of likely N-dealkylation sites (tertiary alicyclic amines) is 1. The fraction of sp³-hybridized carbons (Fsp3) is 0.739. The van der Waals surface area contributed by atoms with E-state index < -0.39 is 34.5 Å². The van der Waals surface area contributed by atoms with Gasteiger partial charge < -0.3 is 25.0 Å². The maximum Gasteiger partial charge on any atom is 0.332 e. The first-order valence-electron chi connectivity index (χ1n) is 11.9. The normalized spacial score (nSPS) is 25.9. The average molecular weight is 477 g/mol. The SMILES string of the molecule is CC(C)C[C@H](N)C(=O)N1CCC2(CC1)C[C@H](n1cnc3c1c(=O)n(C)c(=O)n3C)[C@@](C)(O)CO2. The number of fused-ring (bicyclic) bond motifs is 1. The fourth-order valence-corrected chi connectivity index (χ4v) is 5.35. The Morgan fingerprint density at radius 2 is 1.91 bits per heavy atom. The maximum absolute atomic E-state index is 13.0. The summed E-state index contributed by atoms with van der Waals surface area (Å²) >= 11 is 0. The van der Waals surface area contributed by atoms with E-state index >= 15 is 0 Å². The van der Waals surface area contributed by atoms with E-state index in [0.29, 0.717) is 44.7 Å². The van der Waals surface area contributed by atoms with Crippen molar-refractivity contribution in [1.29, 1.82) is 0 Å². The summed E-state index contributed by atoms with van der Waals surface area (Å²) in [7, 11) is 3.00. The van der Waals surface area contributed by atoms with Crippen molar-refractivity contribution in [3.05, 3.63) is 27.2 Å². The second-order valence-corrected chi connectivity index (χ2v) is 10.6. The zero-order valence-electron chi connectivity index (χ0n) is 20.7. The summed E-state index contributed by atoms with van der Waals surface area (Å²) in [5, 5.41) is 11.2. The van der Waals surface area contributed by atoms with Crippen LogP contribution in [0.3, 0.4) is 0 Å². The molecule has 0 bridgehead atoms. The van der Waals surface area contributed by atoms with Crippen molar-refractivity contribution in [1.82, 2.24) is 23.6 Å². The number of ether oxygens (including phenoxy) is 1. The van der Waals surface area contributed by atoms with Crippen LogP contribution in [0.1, 0.15) is 52.5 Å². The van der Waals surface area contributed by atoms with Crippen LogP contribution in [0.4, 0.5) is 0 Å². The van der Waals surface area contributed by atoms with E-state index in [0.717, 1.165) is 4.57 Å². The number of imidazole rings is 1. The Balaban J connectivity index is 1.60. The number of nitrogens with two attached hydrogens (primary N) is 1. The van der Waals surface area contributed by atoms with Gasteiger partial charge >= 0.3 is 5.69 Å². The Labute approximate surface area is 198 Å². The number of piperidine rings is 1. The molecular weight excluding hydrogens is 440 g/mol. The second kappa shape index (κ2) is 8.62. The zero-order valence-corrected chi connectivity index (χ0v) is 20.7. The quantitative estimate of drug-likeness (QED) is 0.627. The van der Waals surface area contributed by atoms with Crippen molar-refractivity contribution >= 4 is 17.1 Å². The highest BCUT2D eigenvalue weighted by Crippen LogP contribution is 2.44. The minimum atomic E-state index is -1.24. The second-order valence-electron chi connectivity index (χ2n) is 10.6. The average Bonchev–Trinajstić information content (AvgIpc) is 3.22. The molecule has 0 radical (unpaired) electrons. The number of nitrogens with zero attached hydrogens (tertiary/aromatic N) is 5. The van der Waals surface area contributed by atoms with Crippen LogP contribution >= 0.6 is 0 Å². The van der Waals surface area contributed by atoms with E-state index in [1.165, 1.54) is 17.9 Å². The Bertz CT molecular complexity index is 1200. The predicted octanol–water partition coefficient (Wildman–Crippen LogP) is -0.119. The molecule has 188 valence electrons. The molecule has 34 heavy (non-hydrogen) atoms. The summed E-state index contributed by atoms with van der Waals surface area (Å²) in [5.74, 6) is 0.310. The molecule has 2 fully saturated rings. The van der Waals surface area contributed by atoms with E-state index in [-0.39, 0.29) is 23.7 Å². The van der Waals surface area contributed by atoms with Gasteiger partial charge in [0.1, 0.15) is 5.60 Å². The summed E-state index contributed by atoms with van der Waals surface area (Å²) in [5.41, 5.74) is 4.00. The van der Waals surface area contributed by atoms with Gasteiger partial charge in [-0.3, -0.25) is 18.7 Å². The van der Waals surface area contributed by atoms with Crippen LogP contribution in [-0.2, 0) is 23.6 Å². The number of carbonyl (C=O) groups is 1. The van der Waals surface area contributed by atoms with E-state index in [1.807, 2.05) is 18.7 Å². The third-order valence-corrected chi connectivity index (χ3v) is 7.49. The summed E-state index contributed by atoms with van der Waals surface area (Å²) in [6.45, 7) is 6.92. The molecular formula is C23H36N6O5. The topological polar surface area (TPSA) is 138 Å². The highest BCUT2D eigenvalue weighted by atomic mass is 16.5. The first kappa shape index (κ1) is 24.6. The smallest absolute Gasteiger partial charge is 0.332 e. The molecule has 11 heteroatoms. The molecule has 0 saturated carbocycles. The van der Waals surface area contributed by atoms with Gasteiger partial charge in [0.15, 0.2) is 11.2 Å². The van der Waals surface area contributed by atoms with Gasteiger partial charge in [-0.25, -0.2) is 9.78 Å². The Kier molecular flexibility index (Phi) is 6.24. The number of aliphatic hydroxyl groups is 1. The number of amides is 1. The highest BCUT2D eigenvalue weighted by molar-refractivity contribution is 5.81. The van der Waals surface area contributed by atoms with Crippen LogP contribution in [0.25, 0.3) is 11.2 Å². The number of carbonyl (C=O) groups excluding carboxylic acids is 1. The summed E-state index contributed by atoms with van der Waals surface area (Å²) in [6.07, 6.45) is 3.85. The van der Waals surface area contributed by atoms with Crippen molar-refractivity contribution < 1.29 is 14.6 Å². The number of aryl methyl sites for hydroxylation is 1. The van der Waals surface area contributed by atoms with Gasteiger partial charge in [-0.05, 0) is 32.1 Å². The molecule has 0 aliphatic carbocycles. The number of hydrogen-bond donors (Lipinski definition) is 2. The molecule has 4 rings (SSSR count). The minimum absolute atomic E-state index is 0.0343. The van der Waals surface area contributed by atoms with Gasteiger partial charge in [0.2, 0.25) is 5.91 Å². The van der Waals surface area contributed by atoms with E-state index in [2.05, 4.69) is 4.98 Å². The fourth-order valence-electron chi connectivity index (χ4n) is 5.35. The molecule has 2 aromatic rings. The Hall–Kier alpha value is -2.50. The van der Waals surface area contributed by atoms with Crippen molar-refractivity contribution in [3.8, 4) is 0 Å². The van der Waals surface area contributed by atoms with Gasteiger partial charge in [-0.2, -0.15) is 0 Å². The lowest BCUT2D eigenvalue weighted by molar-refractivity contribution is -0.201. The number of rotatable bonds is 4. The van der Waals surface area contributed by atoms with E-state index in [9.17, 15) is 19.5 Å². The first-order chi connectivity index (χ1) is 15.9. The predicted molar refractivity (Wildman–Crippen MR) is 126 cm³/mol. The Morgan fingerprint density at radius 3 is 2.53 bits per heavy atom. The molecule has 2 aliphatic rings.